The van der Waals surface area contributed by atoms with Gasteiger partial charge in [-0.05, 0) is 67.9 Å². The van der Waals surface area contributed by atoms with Gasteiger partial charge in [-0.2, -0.15) is 0 Å². The Hall–Kier alpha value is -3.52. The summed E-state index contributed by atoms with van der Waals surface area (Å²) in [6.07, 6.45) is 0. The normalized spacial score (nSPS) is 12.6. The zero-order valence-corrected chi connectivity index (χ0v) is 24.0. The molecule has 0 atom stereocenters. The molecule has 1 aliphatic rings. The number of hydrogen-bond acceptors (Lipinski definition) is 5. The first kappa shape index (κ1) is 31.7. The third-order valence-electron chi connectivity index (χ3n) is 6.57. The van der Waals surface area contributed by atoms with Gasteiger partial charge in [0.1, 0.15) is 5.82 Å². The lowest BCUT2D eigenvalue weighted by Crippen LogP contribution is -2.46. The van der Waals surface area contributed by atoms with Crippen molar-refractivity contribution in [1.29, 1.82) is 0 Å². The van der Waals surface area contributed by atoms with Crippen molar-refractivity contribution in [1.82, 2.24) is 4.98 Å². The van der Waals surface area contributed by atoms with Crippen molar-refractivity contribution >= 4 is 77.2 Å². The van der Waals surface area contributed by atoms with Crippen molar-refractivity contribution in [3.05, 3.63) is 95.1 Å². The van der Waals surface area contributed by atoms with Gasteiger partial charge in [-0.1, -0.05) is 29.8 Å². The second-order valence-electron chi connectivity index (χ2n) is 9.20. The molecule has 2 N–H and O–H groups in total. The number of carboxylic acids is 1. The Balaban J connectivity index is 0.00000178. The maximum absolute atomic E-state index is 12.6. The van der Waals surface area contributed by atoms with Crippen molar-refractivity contribution < 1.29 is 14.7 Å². The number of benzene rings is 3. The molecule has 1 amide bonds. The Morgan fingerprint density at radius 2 is 1.46 bits per heavy atom. The molecule has 1 fully saturated rings. The zero-order valence-electron chi connectivity index (χ0n) is 21.6. The van der Waals surface area contributed by atoms with E-state index in [1.54, 1.807) is 36.4 Å². The van der Waals surface area contributed by atoms with Gasteiger partial charge in [-0.3, -0.25) is 4.79 Å². The molecule has 5 rings (SSSR count). The first-order valence-corrected chi connectivity index (χ1v) is 12.0. The van der Waals surface area contributed by atoms with E-state index >= 15 is 0 Å². The van der Waals surface area contributed by atoms with E-state index in [0.29, 0.717) is 28.0 Å². The second kappa shape index (κ2) is 13.5. The number of aromatic nitrogens is 1. The van der Waals surface area contributed by atoms with Crippen molar-refractivity contribution in [2.45, 2.75) is 13.8 Å². The van der Waals surface area contributed by atoms with Crippen LogP contribution in [-0.2, 0) is 0 Å². The number of carboxylic acid groups (broad SMARTS) is 1. The predicted molar refractivity (Wildman–Crippen MR) is 165 cm³/mol. The SMILES string of the molecule is Cc1ccc(C(=O)Nc2ccc3nc(N4CCN(c5cccc(C)c5)CC4)cc(C(=O)O)c3c2)cc1.Cl.Cl.Cl. The number of aromatic carboxylic acids is 1. The summed E-state index contributed by atoms with van der Waals surface area (Å²) in [4.78, 5) is 34.0. The molecule has 39 heavy (non-hydrogen) atoms. The van der Waals surface area contributed by atoms with Gasteiger partial charge in [0.25, 0.3) is 5.91 Å². The lowest BCUT2D eigenvalue weighted by molar-refractivity contribution is 0.0698. The fraction of sp³-hybridized carbons (Fsp3) is 0.207. The summed E-state index contributed by atoms with van der Waals surface area (Å²) >= 11 is 0. The monoisotopic (exact) mass is 588 g/mol. The highest BCUT2D eigenvalue weighted by atomic mass is 35.5. The number of amides is 1. The number of aryl methyl sites for hydroxylation is 2. The highest BCUT2D eigenvalue weighted by molar-refractivity contribution is 6.08. The van der Waals surface area contributed by atoms with Crippen molar-refractivity contribution in [2.24, 2.45) is 0 Å². The van der Waals surface area contributed by atoms with Gasteiger partial charge in [0.05, 0.1) is 11.1 Å². The van der Waals surface area contributed by atoms with Crippen molar-refractivity contribution in [2.75, 3.05) is 41.3 Å². The van der Waals surface area contributed by atoms with E-state index in [0.717, 1.165) is 31.7 Å². The molecule has 2 heterocycles. The molecule has 0 unspecified atom stereocenters. The smallest absolute Gasteiger partial charge is 0.336 e. The molecule has 0 saturated carbocycles. The van der Waals surface area contributed by atoms with Crippen molar-refractivity contribution in [3.8, 4) is 0 Å². The van der Waals surface area contributed by atoms with Crippen LogP contribution in [-0.4, -0.2) is 48.1 Å². The summed E-state index contributed by atoms with van der Waals surface area (Å²) in [5.41, 5.74) is 5.32. The van der Waals surface area contributed by atoms with E-state index in [-0.39, 0.29) is 48.7 Å². The lowest BCUT2D eigenvalue weighted by atomic mass is 10.1. The van der Waals surface area contributed by atoms with Gasteiger partial charge in [-0.15, -0.1) is 37.2 Å². The Labute approximate surface area is 246 Å². The molecule has 4 aromatic rings. The summed E-state index contributed by atoms with van der Waals surface area (Å²) in [6, 6.07) is 22.6. The fourth-order valence-corrected chi connectivity index (χ4v) is 4.56. The highest BCUT2D eigenvalue weighted by Crippen LogP contribution is 2.28. The Morgan fingerprint density at radius 1 is 0.795 bits per heavy atom. The van der Waals surface area contributed by atoms with Crippen LogP contribution in [0.15, 0.2) is 72.8 Å². The van der Waals surface area contributed by atoms with Crippen LogP contribution in [0.2, 0.25) is 0 Å². The van der Waals surface area contributed by atoms with Gasteiger partial charge in [0.15, 0.2) is 0 Å². The number of carbonyl (C=O) groups is 2. The minimum absolute atomic E-state index is 0. The van der Waals surface area contributed by atoms with Gasteiger partial charge >= 0.3 is 5.97 Å². The largest absolute Gasteiger partial charge is 0.478 e. The number of halogens is 3. The van der Waals surface area contributed by atoms with Gasteiger partial charge in [0.2, 0.25) is 0 Å². The minimum Gasteiger partial charge on any atom is -0.478 e. The van der Waals surface area contributed by atoms with Crippen LogP contribution in [0, 0.1) is 13.8 Å². The van der Waals surface area contributed by atoms with Crippen LogP contribution in [0.25, 0.3) is 10.9 Å². The number of hydrogen-bond donors (Lipinski definition) is 2. The summed E-state index contributed by atoms with van der Waals surface area (Å²) in [5.74, 6) is -0.619. The number of rotatable bonds is 5. The molecule has 0 radical (unpaired) electrons. The molecule has 7 nitrogen and oxygen atoms in total. The van der Waals surface area contributed by atoms with Crippen molar-refractivity contribution in [3.63, 3.8) is 0 Å². The third-order valence-corrected chi connectivity index (χ3v) is 6.57. The molecule has 3 aromatic carbocycles. The number of anilines is 3. The van der Waals surface area contributed by atoms with Gasteiger partial charge < -0.3 is 20.2 Å². The third kappa shape index (κ3) is 7.12. The summed E-state index contributed by atoms with van der Waals surface area (Å²) in [6.45, 7) is 7.20. The van der Waals surface area contributed by atoms with Crippen LogP contribution in [0.1, 0.15) is 31.8 Å². The van der Waals surface area contributed by atoms with E-state index in [2.05, 4.69) is 46.3 Å². The minimum atomic E-state index is -1.02. The molecule has 206 valence electrons. The molecule has 1 saturated heterocycles. The maximum Gasteiger partial charge on any atom is 0.336 e. The molecular weight excluding hydrogens is 559 g/mol. The second-order valence-corrected chi connectivity index (χ2v) is 9.20. The summed E-state index contributed by atoms with van der Waals surface area (Å²) in [5, 5.41) is 13.3. The Bertz CT molecular complexity index is 1460. The maximum atomic E-state index is 12.6. The van der Waals surface area contributed by atoms with Crippen LogP contribution in [0.5, 0.6) is 0 Å². The lowest BCUT2D eigenvalue weighted by Gasteiger charge is -2.37. The molecule has 10 heteroatoms. The van der Waals surface area contributed by atoms with Gasteiger partial charge in [-0.25, -0.2) is 9.78 Å². The van der Waals surface area contributed by atoms with Crippen LogP contribution in [0.4, 0.5) is 17.2 Å². The summed E-state index contributed by atoms with van der Waals surface area (Å²) < 4.78 is 0. The average molecular weight is 590 g/mol. The molecule has 0 spiro atoms. The van der Waals surface area contributed by atoms with Crippen LogP contribution >= 0.6 is 37.2 Å². The van der Waals surface area contributed by atoms with E-state index in [1.807, 2.05) is 19.1 Å². The molecule has 0 aliphatic carbocycles. The number of piperazine rings is 1. The highest BCUT2D eigenvalue weighted by Gasteiger charge is 2.21. The predicted octanol–water partition coefficient (Wildman–Crippen LogP) is 6.39. The fourth-order valence-electron chi connectivity index (χ4n) is 4.56. The molecule has 1 aliphatic heterocycles. The quantitative estimate of drug-likeness (QED) is 0.280. The van der Waals surface area contributed by atoms with E-state index in [1.165, 1.54) is 11.3 Å². The van der Waals surface area contributed by atoms with E-state index in [9.17, 15) is 14.7 Å². The van der Waals surface area contributed by atoms with Crippen LogP contribution in [0.3, 0.4) is 0 Å². The standard InChI is InChI=1S/C29H28N4O3.3ClH/c1-19-6-8-21(9-7-19)28(34)30-22-10-11-26-24(17-22)25(29(35)36)18-27(31-26)33-14-12-32(13-15-33)23-5-3-4-20(2)16-23;;;/h3-11,16-18H,12-15H2,1-2H3,(H,30,34)(H,35,36);3*1H. The Kier molecular flexibility index (Phi) is 11.0. The number of fused-ring (bicyclic) bond motifs is 1. The number of nitrogens with zero attached hydrogens (tertiary/aromatic N) is 3. The average Bonchev–Trinajstić information content (AvgIpc) is 2.88. The Morgan fingerprint density at radius 3 is 2.10 bits per heavy atom. The van der Waals surface area contributed by atoms with E-state index < -0.39 is 5.97 Å². The summed E-state index contributed by atoms with van der Waals surface area (Å²) in [7, 11) is 0. The zero-order chi connectivity index (χ0) is 25.2. The first-order chi connectivity index (χ1) is 17.4. The molecule has 1 aromatic heterocycles. The number of nitrogens with one attached hydrogen (secondary N) is 1. The van der Waals surface area contributed by atoms with E-state index in [4.69, 9.17) is 4.98 Å². The van der Waals surface area contributed by atoms with Gasteiger partial charge in [0, 0.05) is 48.5 Å². The molecule has 0 bridgehead atoms. The number of carbonyl (C=O) groups excluding carboxylic acids is 1. The molecular formula is C29H31Cl3N4O3. The van der Waals surface area contributed by atoms with Crippen LogP contribution < -0.4 is 15.1 Å². The first-order valence-electron chi connectivity index (χ1n) is 12.0. The topological polar surface area (TPSA) is 85.8 Å². The number of pyridine rings is 1.